The fourth-order valence-corrected chi connectivity index (χ4v) is 5.15. The molecule has 3 aromatic rings. The van der Waals surface area contributed by atoms with Gasteiger partial charge in [0, 0.05) is 5.56 Å². The number of aromatic nitrogens is 1. The van der Waals surface area contributed by atoms with E-state index >= 15 is 0 Å². The topological polar surface area (TPSA) is 115 Å². The Hall–Kier alpha value is -4.25. The first-order valence-electron chi connectivity index (χ1n) is 11.6. The number of nitrogens with zero attached hydrogens (tertiary/aromatic N) is 2. The van der Waals surface area contributed by atoms with Gasteiger partial charge >= 0.3 is 11.9 Å². The predicted octanol–water partition coefficient (Wildman–Crippen LogP) is 4.72. The Bertz CT molecular complexity index is 1480. The lowest BCUT2D eigenvalue weighted by molar-refractivity contribution is -0.132. The van der Waals surface area contributed by atoms with Gasteiger partial charge in [-0.25, -0.2) is 14.2 Å². The third-order valence-corrected chi connectivity index (χ3v) is 7.19. The Labute approximate surface area is 222 Å². The average Bonchev–Trinajstić information content (AvgIpc) is 3.41. The zero-order valence-corrected chi connectivity index (χ0v) is 22.1. The van der Waals surface area contributed by atoms with Crippen molar-refractivity contribution in [3.05, 3.63) is 75.0 Å². The number of hydrogen-bond acceptors (Lipinski definition) is 9. The molecule has 9 nitrogen and oxygen atoms in total. The highest BCUT2D eigenvalue weighted by Crippen LogP contribution is 2.45. The lowest BCUT2D eigenvalue weighted by atomic mass is 9.94. The number of carbonyl (C=O) groups excluding carboxylic acids is 3. The van der Waals surface area contributed by atoms with E-state index in [1.807, 2.05) is 6.92 Å². The van der Waals surface area contributed by atoms with Crippen molar-refractivity contribution >= 4 is 39.9 Å². The Kier molecular flexibility index (Phi) is 7.49. The van der Waals surface area contributed by atoms with E-state index in [-0.39, 0.29) is 21.1 Å². The van der Waals surface area contributed by atoms with E-state index in [0.29, 0.717) is 34.9 Å². The number of Topliss-reactive ketones (excluding diaryl/α,β-unsaturated/α-hetero) is 1. The van der Waals surface area contributed by atoms with Crippen molar-refractivity contribution in [3.8, 4) is 11.5 Å². The number of hydrogen-bond donors (Lipinski definition) is 1. The van der Waals surface area contributed by atoms with Crippen LogP contribution < -0.4 is 14.4 Å². The van der Waals surface area contributed by atoms with E-state index in [1.165, 1.54) is 26.4 Å². The summed E-state index contributed by atoms with van der Waals surface area (Å²) >= 11 is 0.876. The van der Waals surface area contributed by atoms with Gasteiger partial charge in [-0.15, -0.1) is 0 Å². The van der Waals surface area contributed by atoms with Crippen LogP contribution in [0.15, 0.2) is 42.0 Å². The average molecular weight is 541 g/mol. The summed E-state index contributed by atoms with van der Waals surface area (Å²) in [5.41, 5.74) is 0.813. The van der Waals surface area contributed by atoms with Crippen LogP contribution in [0.25, 0.3) is 5.76 Å². The van der Waals surface area contributed by atoms with Crippen LogP contribution in [0.1, 0.15) is 45.0 Å². The van der Waals surface area contributed by atoms with Gasteiger partial charge in [-0.3, -0.25) is 14.5 Å². The number of aryl methyl sites for hydroxylation is 2. The number of aliphatic hydroxyl groups excluding tert-OH is 1. The van der Waals surface area contributed by atoms with Crippen LogP contribution in [0.5, 0.6) is 11.5 Å². The second-order valence-electron chi connectivity index (χ2n) is 8.38. The minimum absolute atomic E-state index is 0.0274. The third kappa shape index (κ3) is 4.60. The van der Waals surface area contributed by atoms with Gasteiger partial charge in [-0.05, 0) is 50.1 Å². The lowest BCUT2D eigenvalue weighted by Gasteiger charge is -2.24. The Morgan fingerprint density at radius 2 is 1.87 bits per heavy atom. The minimum atomic E-state index is -1.17. The monoisotopic (exact) mass is 540 g/mol. The van der Waals surface area contributed by atoms with Crippen LogP contribution in [0.3, 0.4) is 0 Å². The van der Waals surface area contributed by atoms with Crippen molar-refractivity contribution in [2.24, 2.45) is 0 Å². The highest BCUT2D eigenvalue weighted by atomic mass is 32.1. The largest absolute Gasteiger partial charge is 0.507 e. The van der Waals surface area contributed by atoms with Crippen molar-refractivity contribution in [2.75, 3.05) is 25.7 Å². The van der Waals surface area contributed by atoms with Crippen LogP contribution in [-0.4, -0.2) is 48.6 Å². The summed E-state index contributed by atoms with van der Waals surface area (Å²) in [6, 6.07) is 7.68. The van der Waals surface area contributed by atoms with Crippen molar-refractivity contribution in [2.45, 2.75) is 26.8 Å². The van der Waals surface area contributed by atoms with Crippen LogP contribution in [-0.2, 0) is 14.3 Å². The molecule has 0 aliphatic carbocycles. The lowest BCUT2D eigenvalue weighted by Crippen LogP contribution is -2.29. The van der Waals surface area contributed by atoms with Gasteiger partial charge in [0.2, 0.25) is 0 Å². The zero-order chi connectivity index (χ0) is 27.7. The second kappa shape index (κ2) is 10.6. The van der Waals surface area contributed by atoms with Crippen LogP contribution >= 0.6 is 11.3 Å². The summed E-state index contributed by atoms with van der Waals surface area (Å²) in [6.07, 6.45) is 0. The van der Waals surface area contributed by atoms with E-state index in [2.05, 4.69) is 4.98 Å². The molecule has 1 N–H and O–H groups in total. The first-order valence-corrected chi connectivity index (χ1v) is 12.4. The molecular formula is C27H25FN2O7S. The number of anilines is 1. The number of methoxy groups -OCH3 is 2. The van der Waals surface area contributed by atoms with E-state index < -0.39 is 35.3 Å². The summed E-state index contributed by atoms with van der Waals surface area (Å²) in [4.78, 5) is 44.6. The number of aliphatic hydroxyl groups is 1. The first kappa shape index (κ1) is 26.8. The quantitative estimate of drug-likeness (QED) is 0.198. The number of carbonyl (C=O) groups is 3. The molecule has 1 aromatic heterocycles. The van der Waals surface area contributed by atoms with Gasteiger partial charge in [0.1, 0.15) is 16.5 Å². The number of thiazole rings is 1. The minimum Gasteiger partial charge on any atom is -0.507 e. The maximum Gasteiger partial charge on any atom is 0.350 e. The number of esters is 1. The Morgan fingerprint density at radius 1 is 1.13 bits per heavy atom. The first-order chi connectivity index (χ1) is 18.1. The molecule has 1 amide bonds. The standard InChI is InChI=1S/C27H25FN2O7S/c1-6-37-18-10-9-15(12-19(18)35-4)21-20(22(31)16-8-7-13(2)17(28)11-16)23(32)25(33)30(21)27-29-14(3)24(38-27)26(34)36-5/h7-12,21,31H,6H2,1-5H3/t21-/m0/s1. The SMILES string of the molecule is CCOc1ccc([C@H]2C(=C(O)c3ccc(C)c(F)c3)C(=O)C(=O)N2c2nc(C)c(C(=O)OC)s2)cc1OC. The summed E-state index contributed by atoms with van der Waals surface area (Å²) in [5, 5.41) is 11.3. The number of ether oxygens (including phenoxy) is 3. The summed E-state index contributed by atoms with van der Waals surface area (Å²) in [7, 11) is 2.67. The molecule has 1 aliphatic heterocycles. The number of halogens is 1. The van der Waals surface area contributed by atoms with Gasteiger partial charge in [-0.1, -0.05) is 29.5 Å². The molecule has 0 saturated carbocycles. The molecule has 0 spiro atoms. The van der Waals surface area contributed by atoms with Gasteiger partial charge in [0.05, 0.1) is 38.1 Å². The summed E-state index contributed by atoms with van der Waals surface area (Å²) in [5.74, 6) is -2.96. The third-order valence-electron chi connectivity index (χ3n) is 6.06. The molecule has 1 saturated heterocycles. The van der Waals surface area contributed by atoms with E-state index in [9.17, 15) is 23.9 Å². The molecule has 38 heavy (non-hydrogen) atoms. The smallest absolute Gasteiger partial charge is 0.350 e. The van der Waals surface area contributed by atoms with Crippen molar-refractivity contribution in [1.82, 2.24) is 4.98 Å². The zero-order valence-electron chi connectivity index (χ0n) is 21.3. The van der Waals surface area contributed by atoms with Crippen LogP contribution in [0, 0.1) is 19.7 Å². The fraction of sp³-hybridized carbons (Fsp3) is 0.259. The molecule has 11 heteroatoms. The van der Waals surface area contributed by atoms with Gasteiger partial charge in [0.15, 0.2) is 16.6 Å². The van der Waals surface area contributed by atoms with Crippen LogP contribution in [0.4, 0.5) is 9.52 Å². The predicted molar refractivity (Wildman–Crippen MR) is 138 cm³/mol. The van der Waals surface area contributed by atoms with Crippen molar-refractivity contribution in [3.63, 3.8) is 0 Å². The van der Waals surface area contributed by atoms with Crippen molar-refractivity contribution < 1.29 is 38.1 Å². The number of benzene rings is 2. The summed E-state index contributed by atoms with van der Waals surface area (Å²) in [6.45, 7) is 5.33. The maximum absolute atomic E-state index is 14.4. The van der Waals surface area contributed by atoms with Crippen molar-refractivity contribution in [1.29, 1.82) is 0 Å². The summed E-state index contributed by atoms with van der Waals surface area (Å²) < 4.78 is 30.2. The molecule has 0 unspecified atom stereocenters. The fourth-order valence-electron chi connectivity index (χ4n) is 4.14. The molecule has 2 heterocycles. The molecule has 1 aliphatic rings. The molecule has 1 fully saturated rings. The molecular weight excluding hydrogens is 515 g/mol. The molecule has 0 bridgehead atoms. The highest BCUT2D eigenvalue weighted by Gasteiger charge is 2.48. The van der Waals surface area contributed by atoms with E-state index in [0.717, 1.165) is 22.3 Å². The number of amides is 1. The highest BCUT2D eigenvalue weighted by molar-refractivity contribution is 7.17. The Balaban J connectivity index is 1.97. The van der Waals surface area contributed by atoms with E-state index in [4.69, 9.17) is 14.2 Å². The van der Waals surface area contributed by atoms with Gasteiger partial charge in [-0.2, -0.15) is 0 Å². The van der Waals surface area contributed by atoms with Crippen LogP contribution in [0.2, 0.25) is 0 Å². The maximum atomic E-state index is 14.4. The molecule has 1 atom stereocenters. The van der Waals surface area contributed by atoms with E-state index in [1.54, 1.807) is 32.0 Å². The molecule has 198 valence electrons. The molecule has 0 radical (unpaired) electrons. The molecule has 2 aromatic carbocycles. The van der Waals surface area contributed by atoms with Gasteiger partial charge in [0.25, 0.3) is 5.78 Å². The number of rotatable bonds is 7. The number of ketones is 1. The Morgan fingerprint density at radius 3 is 2.50 bits per heavy atom. The second-order valence-corrected chi connectivity index (χ2v) is 9.36. The molecule has 4 rings (SSSR count). The van der Waals surface area contributed by atoms with Gasteiger partial charge < -0.3 is 19.3 Å². The normalized spacial score (nSPS) is 16.6.